The van der Waals surface area contributed by atoms with Crippen LogP contribution in [0.3, 0.4) is 0 Å². The minimum absolute atomic E-state index is 0.00919. The summed E-state index contributed by atoms with van der Waals surface area (Å²) in [5, 5.41) is 13.0. The Bertz CT molecular complexity index is 1360. The Morgan fingerprint density at radius 3 is 2.69 bits per heavy atom. The molecule has 182 valence electrons. The van der Waals surface area contributed by atoms with Gasteiger partial charge in [0.2, 0.25) is 0 Å². The van der Waals surface area contributed by atoms with E-state index in [1.807, 2.05) is 43.7 Å². The number of aliphatic hydroxyl groups excluding tert-OH is 1. The molecule has 2 heterocycles. The molecule has 9 heteroatoms. The Morgan fingerprint density at radius 2 is 1.97 bits per heavy atom. The maximum absolute atomic E-state index is 12.8. The van der Waals surface area contributed by atoms with Gasteiger partial charge in [-0.3, -0.25) is 4.79 Å². The van der Waals surface area contributed by atoms with E-state index in [4.69, 9.17) is 16.3 Å². The van der Waals surface area contributed by atoms with Gasteiger partial charge in [-0.2, -0.15) is 0 Å². The maximum atomic E-state index is 12.8. The van der Waals surface area contributed by atoms with E-state index < -0.39 is 0 Å². The van der Waals surface area contributed by atoms with Crippen molar-refractivity contribution in [1.82, 2.24) is 19.4 Å². The van der Waals surface area contributed by atoms with E-state index in [0.29, 0.717) is 34.4 Å². The van der Waals surface area contributed by atoms with Crippen molar-refractivity contribution >= 4 is 40.0 Å². The minimum Gasteiger partial charge on any atom is -0.456 e. The van der Waals surface area contributed by atoms with Crippen LogP contribution in [0.15, 0.2) is 61.1 Å². The summed E-state index contributed by atoms with van der Waals surface area (Å²) in [5.41, 5.74) is 2.52. The van der Waals surface area contributed by atoms with E-state index in [0.717, 1.165) is 16.7 Å². The van der Waals surface area contributed by atoms with E-state index in [-0.39, 0.29) is 18.1 Å². The fourth-order valence-electron chi connectivity index (χ4n) is 3.53. The fourth-order valence-corrected chi connectivity index (χ4v) is 3.75. The number of benzene rings is 2. The molecule has 0 saturated carbocycles. The Morgan fingerprint density at radius 1 is 1.17 bits per heavy atom. The van der Waals surface area contributed by atoms with Gasteiger partial charge in [-0.1, -0.05) is 17.7 Å². The lowest BCUT2D eigenvalue weighted by Crippen LogP contribution is -2.42. The van der Waals surface area contributed by atoms with Crippen LogP contribution in [0.4, 0.5) is 11.5 Å². The lowest BCUT2D eigenvalue weighted by Gasteiger charge is -2.32. The molecule has 2 N–H and O–H groups in total. The normalized spacial score (nSPS) is 11.5. The predicted molar refractivity (Wildman–Crippen MR) is 138 cm³/mol. The van der Waals surface area contributed by atoms with Gasteiger partial charge in [0, 0.05) is 36.6 Å². The number of carbonyl (C=O) groups is 1. The number of aromatic nitrogens is 3. The second-order valence-electron chi connectivity index (χ2n) is 9.12. The van der Waals surface area contributed by atoms with Crippen LogP contribution >= 0.6 is 11.6 Å². The van der Waals surface area contributed by atoms with Crippen LogP contribution in [-0.4, -0.2) is 49.6 Å². The quantitative estimate of drug-likeness (QED) is 0.354. The third kappa shape index (κ3) is 5.39. The van der Waals surface area contributed by atoms with Crippen molar-refractivity contribution in [2.45, 2.75) is 32.9 Å². The van der Waals surface area contributed by atoms with Crippen LogP contribution in [-0.2, 0) is 6.54 Å². The zero-order valence-corrected chi connectivity index (χ0v) is 20.9. The summed E-state index contributed by atoms with van der Waals surface area (Å²) in [6.07, 6.45) is 3.35. The highest BCUT2D eigenvalue weighted by Gasteiger charge is 2.23. The number of carbonyl (C=O) groups excluding carboxylic acids is 1. The zero-order valence-electron chi connectivity index (χ0n) is 20.1. The van der Waals surface area contributed by atoms with Crippen LogP contribution in [0.5, 0.6) is 11.5 Å². The lowest BCUT2D eigenvalue weighted by atomic mass is 10.1. The molecular weight excluding hydrogens is 466 g/mol. The van der Waals surface area contributed by atoms with E-state index in [1.54, 1.807) is 48.3 Å². The van der Waals surface area contributed by atoms with Crippen molar-refractivity contribution in [3.63, 3.8) is 0 Å². The summed E-state index contributed by atoms with van der Waals surface area (Å²) in [7, 11) is 1.78. The zero-order chi connectivity index (χ0) is 25.2. The van der Waals surface area contributed by atoms with Gasteiger partial charge in [0.25, 0.3) is 5.91 Å². The molecule has 0 bridgehead atoms. The first kappa shape index (κ1) is 24.5. The molecule has 4 aromatic rings. The van der Waals surface area contributed by atoms with Gasteiger partial charge in [0.15, 0.2) is 5.82 Å². The summed E-state index contributed by atoms with van der Waals surface area (Å²) < 4.78 is 7.88. The van der Waals surface area contributed by atoms with Crippen molar-refractivity contribution in [2.24, 2.45) is 0 Å². The number of rotatable bonds is 7. The summed E-state index contributed by atoms with van der Waals surface area (Å²) >= 11 is 6.53. The van der Waals surface area contributed by atoms with Crippen molar-refractivity contribution in [3.8, 4) is 11.5 Å². The van der Waals surface area contributed by atoms with E-state index in [1.165, 1.54) is 6.33 Å². The maximum Gasteiger partial charge on any atom is 0.254 e. The molecule has 1 amide bonds. The third-order valence-electron chi connectivity index (χ3n) is 5.71. The first-order chi connectivity index (χ1) is 16.7. The number of amides is 1. The van der Waals surface area contributed by atoms with Crippen molar-refractivity contribution in [1.29, 1.82) is 0 Å². The first-order valence-corrected chi connectivity index (χ1v) is 11.6. The SMILES string of the molecule is CN(C(=O)c1cccc(Oc2ccc(Nc3ncnc4ccn(CCO)c34)cc2Cl)c1)C(C)(C)C. The minimum atomic E-state index is -0.297. The van der Waals surface area contributed by atoms with Gasteiger partial charge in [-0.25, -0.2) is 9.97 Å². The monoisotopic (exact) mass is 493 g/mol. The molecule has 0 aliphatic carbocycles. The Kier molecular flexibility index (Phi) is 6.95. The van der Waals surface area contributed by atoms with E-state index in [9.17, 15) is 9.90 Å². The molecule has 35 heavy (non-hydrogen) atoms. The highest BCUT2D eigenvalue weighted by atomic mass is 35.5. The number of fused-ring (bicyclic) bond motifs is 1. The Labute approximate surface area is 209 Å². The number of nitrogens with zero attached hydrogens (tertiary/aromatic N) is 4. The average molecular weight is 494 g/mol. The second-order valence-corrected chi connectivity index (χ2v) is 9.53. The largest absolute Gasteiger partial charge is 0.456 e. The highest BCUT2D eigenvalue weighted by molar-refractivity contribution is 6.32. The van der Waals surface area contributed by atoms with Gasteiger partial charge in [0.05, 0.1) is 17.1 Å². The summed E-state index contributed by atoms with van der Waals surface area (Å²) in [6.45, 7) is 6.40. The number of hydrogen-bond acceptors (Lipinski definition) is 6. The molecule has 0 spiro atoms. The summed E-state index contributed by atoms with van der Waals surface area (Å²) in [6, 6.07) is 14.2. The summed E-state index contributed by atoms with van der Waals surface area (Å²) in [4.78, 5) is 23.2. The highest BCUT2D eigenvalue weighted by Crippen LogP contribution is 2.34. The Hall–Kier alpha value is -3.62. The smallest absolute Gasteiger partial charge is 0.254 e. The van der Waals surface area contributed by atoms with Crippen molar-refractivity contribution < 1.29 is 14.6 Å². The lowest BCUT2D eigenvalue weighted by molar-refractivity contribution is 0.0655. The van der Waals surface area contributed by atoms with E-state index in [2.05, 4.69) is 15.3 Å². The van der Waals surface area contributed by atoms with Gasteiger partial charge >= 0.3 is 0 Å². The number of aliphatic hydroxyl groups is 1. The van der Waals surface area contributed by atoms with Crippen molar-refractivity contribution in [3.05, 3.63) is 71.6 Å². The average Bonchev–Trinajstić information content (AvgIpc) is 3.24. The van der Waals surface area contributed by atoms with Gasteiger partial charge < -0.3 is 24.6 Å². The van der Waals surface area contributed by atoms with Crippen LogP contribution < -0.4 is 10.1 Å². The molecule has 4 rings (SSSR count). The molecule has 0 atom stereocenters. The van der Waals surface area contributed by atoms with Gasteiger partial charge in [0.1, 0.15) is 23.3 Å². The molecule has 0 aliphatic heterocycles. The molecule has 0 radical (unpaired) electrons. The van der Waals surface area contributed by atoms with E-state index >= 15 is 0 Å². The molecular formula is C26H28ClN5O3. The molecule has 2 aromatic carbocycles. The molecule has 0 unspecified atom stereocenters. The standard InChI is InChI=1S/C26H28ClN5O3/c1-26(2,3)31(4)25(34)17-6-5-7-19(14-17)35-22-9-8-18(15-20(22)27)30-24-23-21(28-16-29-24)10-11-32(23)12-13-33/h5-11,14-16,33H,12-13H2,1-4H3,(H,28,29,30). The molecule has 8 nitrogen and oxygen atoms in total. The van der Waals surface area contributed by atoms with Gasteiger partial charge in [-0.15, -0.1) is 0 Å². The fraction of sp³-hybridized carbons (Fsp3) is 0.269. The second kappa shape index (κ2) is 9.93. The number of halogens is 1. The van der Waals surface area contributed by atoms with Gasteiger partial charge in [-0.05, 0) is 63.2 Å². The predicted octanol–water partition coefficient (Wildman–Crippen LogP) is 5.48. The molecule has 0 fully saturated rings. The topological polar surface area (TPSA) is 92.5 Å². The number of hydrogen-bond donors (Lipinski definition) is 2. The third-order valence-corrected chi connectivity index (χ3v) is 6.00. The molecule has 0 saturated heterocycles. The number of nitrogens with one attached hydrogen (secondary N) is 1. The van der Waals surface area contributed by atoms with Crippen LogP contribution in [0.1, 0.15) is 31.1 Å². The number of ether oxygens (including phenoxy) is 1. The molecule has 2 aromatic heterocycles. The van der Waals surface area contributed by atoms with Crippen LogP contribution in [0.25, 0.3) is 11.0 Å². The van der Waals surface area contributed by atoms with Crippen molar-refractivity contribution in [2.75, 3.05) is 19.0 Å². The molecule has 0 aliphatic rings. The summed E-state index contributed by atoms with van der Waals surface area (Å²) in [5.74, 6) is 1.49. The first-order valence-electron chi connectivity index (χ1n) is 11.2. The number of anilines is 2. The van der Waals surface area contributed by atoms with Crippen LogP contribution in [0.2, 0.25) is 5.02 Å². The Balaban J connectivity index is 1.54. The van der Waals surface area contributed by atoms with Crippen LogP contribution in [0, 0.1) is 0 Å².